The van der Waals surface area contributed by atoms with Crippen LogP contribution in [0.15, 0.2) is 47.1 Å². The van der Waals surface area contributed by atoms with Crippen LogP contribution in [0.4, 0.5) is 5.82 Å². The van der Waals surface area contributed by atoms with Crippen molar-refractivity contribution in [1.29, 1.82) is 0 Å². The Morgan fingerprint density at radius 3 is 2.83 bits per heavy atom. The summed E-state index contributed by atoms with van der Waals surface area (Å²) >= 11 is 0. The van der Waals surface area contributed by atoms with E-state index < -0.39 is 6.10 Å². The SMILES string of the molecule is Cc1cccc(C(O)CNc2cc(-c3nc(C)no3)ccn2)c1. The maximum absolute atomic E-state index is 10.3. The van der Waals surface area contributed by atoms with Crippen molar-refractivity contribution in [2.24, 2.45) is 0 Å². The summed E-state index contributed by atoms with van der Waals surface area (Å²) in [5, 5.41) is 17.2. The highest BCUT2D eigenvalue weighted by Crippen LogP contribution is 2.20. The molecule has 1 unspecified atom stereocenters. The summed E-state index contributed by atoms with van der Waals surface area (Å²) in [7, 11) is 0. The van der Waals surface area contributed by atoms with E-state index in [-0.39, 0.29) is 0 Å². The zero-order chi connectivity index (χ0) is 16.2. The Hall–Kier alpha value is -2.73. The van der Waals surface area contributed by atoms with Crippen molar-refractivity contribution in [3.05, 3.63) is 59.5 Å². The highest BCUT2D eigenvalue weighted by Gasteiger charge is 2.10. The number of benzene rings is 1. The van der Waals surface area contributed by atoms with Crippen LogP contribution in [0.2, 0.25) is 0 Å². The van der Waals surface area contributed by atoms with Crippen LogP contribution in [0.25, 0.3) is 11.5 Å². The van der Waals surface area contributed by atoms with E-state index in [1.165, 1.54) is 0 Å². The van der Waals surface area contributed by atoms with Crippen LogP contribution < -0.4 is 5.32 Å². The Kier molecular flexibility index (Phi) is 4.34. The second-order valence-corrected chi connectivity index (χ2v) is 5.39. The van der Waals surface area contributed by atoms with Crippen molar-refractivity contribution >= 4 is 5.82 Å². The number of aryl methyl sites for hydroxylation is 2. The average Bonchev–Trinajstić information content (AvgIpc) is 2.99. The van der Waals surface area contributed by atoms with Crippen LogP contribution in [0, 0.1) is 13.8 Å². The number of pyridine rings is 1. The first-order valence-corrected chi connectivity index (χ1v) is 7.37. The number of nitrogens with one attached hydrogen (secondary N) is 1. The topological polar surface area (TPSA) is 84.1 Å². The normalized spacial score (nSPS) is 12.1. The summed E-state index contributed by atoms with van der Waals surface area (Å²) in [6.07, 6.45) is 1.06. The summed E-state index contributed by atoms with van der Waals surface area (Å²) in [4.78, 5) is 8.43. The third kappa shape index (κ3) is 3.73. The molecule has 1 aromatic carbocycles. The molecule has 3 rings (SSSR count). The van der Waals surface area contributed by atoms with Gasteiger partial charge < -0.3 is 14.9 Å². The molecule has 0 spiro atoms. The zero-order valence-electron chi connectivity index (χ0n) is 13.0. The lowest BCUT2D eigenvalue weighted by atomic mass is 10.1. The quantitative estimate of drug-likeness (QED) is 0.754. The number of nitrogens with zero attached hydrogens (tertiary/aromatic N) is 3. The molecule has 0 bridgehead atoms. The third-order valence-corrected chi connectivity index (χ3v) is 3.44. The smallest absolute Gasteiger partial charge is 0.258 e. The van der Waals surface area contributed by atoms with E-state index in [1.54, 1.807) is 19.2 Å². The Morgan fingerprint density at radius 2 is 2.09 bits per heavy atom. The van der Waals surface area contributed by atoms with E-state index in [9.17, 15) is 5.11 Å². The molecule has 0 fully saturated rings. The molecule has 1 atom stereocenters. The first-order valence-electron chi connectivity index (χ1n) is 7.37. The molecule has 3 aromatic rings. The fourth-order valence-corrected chi connectivity index (χ4v) is 2.27. The molecule has 0 saturated heterocycles. The van der Waals surface area contributed by atoms with Crippen molar-refractivity contribution in [2.45, 2.75) is 20.0 Å². The summed E-state index contributed by atoms with van der Waals surface area (Å²) in [5.74, 6) is 1.68. The van der Waals surface area contributed by atoms with Gasteiger partial charge in [-0.25, -0.2) is 4.98 Å². The highest BCUT2D eigenvalue weighted by molar-refractivity contribution is 5.57. The van der Waals surface area contributed by atoms with Gasteiger partial charge in [0.15, 0.2) is 5.82 Å². The summed E-state index contributed by atoms with van der Waals surface area (Å²) < 4.78 is 5.15. The van der Waals surface area contributed by atoms with Gasteiger partial charge in [-0.2, -0.15) is 4.98 Å². The number of aliphatic hydroxyl groups is 1. The number of aromatic nitrogens is 3. The summed E-state index contributed by atoms with van der Waals surface area (Å²) in [6.45, 7) is 4.13. The number of rotatable bonds is 5. The minimum Gasteiger partial charge on any atom is -0.387 e. The maximum atomic E-state index is 10.3. The van der Waals surface area contributed by atoms with E-state index in [0.717, 1.165) is 16.7 Å². The van der Waals surface area contributed by atoms with Crippen molar-refractivity contribution in [3.8, 4) is 11.5 Å². The lowest BCUT2D eigenvalue weighted by Crippen LogP contribution is -2.13. The van der Waals surface area contributed by atoms with Gasteiger partial charge in [0.2, 0.25) is 0 Å². The molecule has 0 aliphatic rings. The third-order valence-electron chi connectivity index (χ3n) is 3.44. The summed E-state index contributed by atoms with van der Waals surface area (Å²) in [6, 6.07) is 11.4. The predicted octanol–water partition coefficient (Wildman–Crippen LogP) is 2.89. The number of hydrogen-bond acceptors (Lipinski definition) is 6. The molecule has 0 amide bonds. The number of aliphatic hydroxyl groups excluding tert-OH is 1. The molecule has 2 heterocycles. The summed E-state index contributed by atoms with van der Waals surface area (Å²) in [5.41, 5.74) is 2.78. The first-order chi connectivity index (χ1) is 11.1. The second kappa shape index (κ2) is 6.58. The fourth-order valence-electron chi connectivity index (χ4n) is 2.27. The van der Waals surface area contributed by atoms with E-state index in [2.05, 4.69) is 20.4 Å². The molecule has 0 aliphatic heterocycles. The molecule has 2 aromatic heterocycles. The van der Waals surface area contributed by atoms with Gasteiger partial charge in [0.1, 0.15) is 5.82 Å². The number of anilines is 1. The van der Waals surface area contributed by atoms with Gasteiger partial charge in [0.25, 0.3) is 5.89 Å². The van der Waals surface area contributed by atoms with Gasteiger partial charge in [-0.15, -0.1) is 0 Å². The monoisotopic (exact) mass is 310 g/mol. The molecule has 0 saturated carbocycles. The van der Waals surface area contributed by atoms with Gasteiger partial charge >= 0.3 is 0 Å². The molecule has 0 radical (unpaired) electrons. The van der Waals surface area contributed by atoms with E-state index in [4.69, 9.17) is 4.52 Å². The van der Waals surface area contributed by atoms with Crippen LogP contribution in [-0.4, -0.2) is 26.8 Å². The Labute approximate surface area is 134 Å². The largest absolute Gasteiger partial charge is 0.387 e. The molecular formula is C17H18N4O2. The van der Waals surface area contributed by atoms with Crippen molar-refractivity contribution < 1.29 is 9.63 Å². The molecule has 23 heavy (non-hydrogen) atoms. The maximum Gasteiger partial charge on any atom is 0.258 e. The van der Waals surface area contributed by atoms with Crippen LogP contribution in [0.5, 0.6) is 0 Å². The molecule has 6 nitrogen and oxygen atoms in total. The van der Waals surface area contributed by atoms with Gasteiger partial charge in [-0.1, -0.05) is 35.0 Å². The Balaban J connectivity index is 1.69. The minimum atomic E-state index is -0.606. The highest BCUT2D eigenvalue weighted by atomic mass is 16.5. The van der Waals surface area contributed by atoms with Crippen molar-refractivity contribution in [1.82, 2.24) is 15.1 Å². The second-order valence-electron chi connectivity index (χ2n) is 5.39. The van der Waals surface area contributed by atoms with E-state index in [0.29, 0.717) is 24.1 Å². The van der Waals surface area contributed by atoms with Crippen LogP contribution in [0.3, 0.4) is 0 Å². The molecule has 0 aliphatic carbocycles. The fraction of sp³-hybridized carbons (Fsp3) is 0.235. The average molecular weight is 310 g/mol. The van der Waals surface area contributed by atoms with Crippen LogP contribution in [-0.2, 0) is 0 Å². The molecule has 6 heteroatoms. The molecular weight excluding hydrogens is 292 g/mol. The lowest BCUT2D eigenvalue weighted by molar-refractivity contribution is 0.191. The van der Waals surface area contributed by atoms with Gasteiger partial charge in [-0.3, -0.25) is 0 Å². The Bertz CT molecular complexity index is 801. The number of hydrogen-bond donors (Lipinski definition) is 2. The predicted molar refractivity (Wildman–Crippen MR) is 86.9 cm³/mol. The molecule has 2 N–H and O–H groups in total. The molecule has 118 valence electrons. The van der Waals surface area contributed by atoms with Gasteiger partial charge in [0.05, 0.1) is 6.10 Å². The minimum absolute atomic E-state index is 0.364. The van der Waals surface area contributed by atoms with E-state index >= 15 is 0 Å². The first kappa shape index (κ1) is 15.2. The lowest BCUT2D eigenvalue weighted by Gasteiger charge is -2.13. The van der Waals surface area contributed by atoms with Crippen molar-refractivity contribution in [3.63, 3.8) is 0 Å². The van der Waals surface area contributed by atoms with Gasteiger partial charge in [0, 0.05) is 18.3 Å². The van der Waals surface area contributed by atoms with Crippen LogP contribution >= 0.6 is 0 Å². The van der Waals surface area contributed by atoms with Crippen LogP contribution in [0.1, 0.15) is 23.1 Å². The Morgan fingerprint density at radius 1 is 1.22 bits per heavy atom. The standard InChI is InChI=1S/C17H18N4O2/c1-11-4-3-5-13(8-11)15(22)10-19-16-9-14(6-7-18-16)17-20-12(2)21-23-17/h3-9,15,22H,10H2,1-2H3,(H,18,19). The van der Waals surface area contributed by atoms with Gasteiger partial charge in [-0.05, 0) is 31.5 Å². The van der Waals surface area contributed by atoms with E-state index in [1.807, 2.05) is 37.3 Å². The zero-order valence-corrected chi connectivity index (χ0v) is 13.0. The van der Waals surface area contributed by atoms with Crippen molar-refractivity contribution in [2.75, 3.05) is 11.9 Å².